The number of hydrogen-bond acceptors (Lipinski definition) is 5. The van der Waals surface area contributed by atoms with Gasteiger partial charge in [-0.1, -0.05) is 30.0 Å². The third-order valence-corrected chi connectivity index (χ3v) is 5.56. The summed E-state index contributed by atoms with van der Waals surface area (Å²) < 4.78 is 9.21. The summed E-state index contributed by atoms with van der Waals surface area (Å²) in [6.07, 6.45) is 1.69. The third kappa shape index (κ3) is 4.14. The molecule has 27 heavy (non-hydrogen) atoms. The molecule has 0 N–H and O–H groups in total. The van der Waals surface area contributed by atoms with Crippen LogP contribution in [0.3, 0.4) is 0 Å². The molecule has 0 aliphatic heterocycles. The maximum Gasteiger partial charge on any atom is 0.196 e. The van der Waals surface area contributed by atoms with Gasteiger partial charge in [-0.3, -0.25) is 9.36 Å². The highest BCUT2D eigenvalue weighted by Crippen LogP contribution is 2.24. The van der Waals surface area contributed by atoms with Gasteiger partial charge in [0.15, 0.2) is 10.9 Å². The minimum absolute atomic E-state index is 0.0936. The van der Waals surface area contributed by atoms with Gasteiger partial charge >= 0.3 is 0 Å². The summed E-state index contributed by atoms with van der Waals surface area (Å²) in [4.78, 5) is 12.8. The Balaban J connectivity index is 1.75. The molecule has 3 rings (SSSR count). The summed E-state index contributed by atoms with van der Waals surface area (Å²) in [6, 6.07) is 10.0. The maximum absolute atomic E-state index is 12.8. The number of carbonyl (C=O) groups excluding carboxylic acids is 1. The molecule has 6 nitrogen and oxygen atoms in total. The van der Waals surface area contributed by atoms with Gasteiger partial charge in [0, 0.05) is 30.6 Å². The lowest BCUT2D eigenvalue weighted by Gasteiger charge is -2.09. The quantitative estimate of drug-likeness (QED) is 0.438. The second kappa shape index (κ2) is 8.54. The van der Waals surface area contributed by atoms with E-state index in [1.54, 1.807) is 13.4 Å². The smallest absolute Gasteiger partial charge is 0.196 e. The number of para-hydroxylation sites is 1. The lowest BCUT2D eigenvalue weighted by atomic mass is 10.2. The Morgan fingerprint density at radius 1 is 1.22 bits per heavy atom. The van der Waals surface area contributed by atoms with E-state index in [4.69, 9.17) is 4.74 Å². The first kappa shape index (κ1) is 19.4. The zero-order valence-electron chi connectivity index (χ0n) is 16.1. The van der Waals surface area contributed by atoms with Gasteiger partial charge in [0.05, 0.1) is 18.0 Å². The topological polar surface area (TPSA) is 61.9 Å². The van der Waals surface area contributed by atoms with Crippen molar-refractivity contribution in [3.8, 4) is 5.69 Å². The molecular formula is C20H24N4O2S. The van der Waals surface area contributed by atoms with Crippen molar-refractivity contribution < 1.29 is 9.53 Å². The second-order valence-electron chi connectivity index (χ2n) is 6.41. The Morgan fingerprint density at radius 3 is 2.74 bits per heavy atom. The van der Waals surface area contributed by atoms with Crippen LogP contribution in [0.15, 0.2) is 41.8 Å². The van der Waals surface area contributed by atoms with Crippen LogP contribution in [0, 0.1) is 20.8 Å². The average Bonchev–Trinajstić information content (AvgIpc) is 3.23. The van der Waals surface area contributed by atoms with Gasteiger partial charge in [0.2, 0.25) is 0 Å². The standard InChI is InChI=1S/C20H24N4O2S/c1-14-7-5-6-8-18(14)24-13-21-22-20(24)27-12-19(25)17-11-15(2)23(16(17)3)9-10-26-4/h5-8,11,13H,9-10,12H2,1-4H3. The number of methoxy groups -OCH3 is 1. The zero-order chi connectivity index (χ0) is 19.4. The van der Waals surface area contributed by atoms with Crippen molar-refractivity contribution in [2.24, 2.45) is 0 Å². The molecule has 0 aliphatic rings. The number of aryl methyl sites for hydroxylation is 2. The largest absolute Gasteiger partial charge is 0.383 e. The van der Waals surface area contributed by atoms with Crippen LogP contribution in [0.25, 0.3) is 5.69 Å². The number of ether oxygens (including phenoxy) is 1. The summed E-state index contributed by atoms with van der Waals surface area (Å²) in [5.74, 6) is 0.412. The molecule has 0 unspecified atom stereocenters. The van der Waals surface area contributed by atoms with Crippen molar-refractivity contribution >= 4 is 17.5 Å². The molecule has 2 aromatic heterocycles. The Morgan fingerprint density at radius 2 is 2.00 bits per heavy atom. The van der Waals surface area contributed by atoms with Crippen LogP contribution in [0.1, 0.15) is 27.3 Å². The van der Waals surface area contributed by atoms with Crippen LogP contribution in [-0.4, -0.2) is 44.6 Å². The number of nitrogens with zero attached hydrogens (tertiary/aromatic N) is 4. The van der Waals surface area contributed by atoms with Crippen molar-refractivity contribution in [2.75, 3.05) is 19.5 Å². The predicted octanol–water partition coefficient (Wildman–Crippen LogP) is 3.62. The van der Waals surface area contributed by atoms with Crippen LogP contribution in [0.5, 0.6) is 0 Å². The zero-order valence-corrected chi connectivity index (χ0v) is 16.9. The lowest BCUT2D eigenvalue weighted by Crippen LogP contribution is -2.10. The van der Waals surface area contributed by atoms with Gasteiger partial charge < -0.3 is 9.30 Å². The molecule has 0 amide bonds. The SMILES string of the molecule is COCCn1c(C)cc(C(=O)CSc2nncn2-c2ccccc2C)c1C. The molecule has 0 bridgehead atoms. The number of Topliss-reactive ketones (excluding diaryl/α,β-unsaturated/α-hetero) is 1. The average molecular weight is 385 g/mol. The first-order valence-electron chi connectivity index (χ1n) is 8.80. The van der Waals surface area contributed by atoms with Gasteiger partial charge in [-0.05, 0) is 38.5 Å². The molecule has 0 aliphatic carbocycles. The Kier molecular flexibility index (Phi) is 6.13. The number of ketones is 1. The van der Waals surface area contributed by atoms with Crippen LogP contribution in [0.2, 0.25) is 0 Å². The number of thioether (sulfide) groups is 1. The van der Waals surface area contributed by atoms with E-state index in [9.17, 15) is 4.79 Å². The molecule has 0 saturated carbocycles. The monoisotopic (exact) mass is 384 g/mol. The fraction of sp³-hybridized carbons (Fsp3) is 0.350. The van der Waals surface area contributed by atoms with Crippen LogP contribution in [-0.2, 0) is 11.3 Å². The molecule has 0 fully saturated rings. The van der Waals surface area contributed by atoms with E-state index >= 15 is 0 Å². The minimum Gasteiger partial charge on any atom is -0.383 e. The highest BCUT2D eigenvalue weighted by molar-refractivity contribution is 7.99. The van der Waals surface area contributed by atoms with E-state index in [-0.39, 0.29) is 5.78 Å². The van der Waals surface area contributed by atoms with Crippen molar-refractivity contribution in [3.05, 3.63) is 59.2 Å². The van der Waals surface area contributed by atoms with Crippen molar-refractivity contribution in [1.82, 2.24) is 19.3 Å². The summed E-state index contributed by atoms with van der Waals surface area (Å²) in [5, 5.41) is 8.92. The van der Waals surface area contributed by atoms with Crippen LogP contribution < -0.4 is 0 Å². The molecule has 0 spiro atoms. The molecule has 0 saturated heterocycles. The minimum atomic E-state index is 0.0936. The molecule has 142 valence electrons. The molecule has 2 heterocycles. The van der Waals surface area contributed by atoms with E-state index in [0.717, 1.165) is 34.7 Å². The van der Waals surface area contributed by atoms with Crippen molar-refractivity contribution in [3.63, 3.8) is 0 Å². The molecular weight excluding hydrogens is 360 g/mol. The highest BCUT2D eigenvalue weighted by atomic mass is 32.2. The van der Waals surface area contributed by atoms with Gasteiger partial charge in [-0.2, -0.15) is 0 Å². The number of rotatable bonds is 8. The summed E-state index contributed by atoms with van der Waals surface area (Å²) in [6.45, 7) is 7.41. The Bertz CT molecular complexity index is 945. The van der Waals surface area contributed by atoms with Crippen molar-refractivity contribution in [1.29, 1.82) is 0 Å². The van der Waals surface area contributed by atoms with Crippen LogP contribution >= 0.6 is 11.8 Å². The third-order valence-electron chi connectivity index (χ3n) is 4.62. The number of benzene rings is 1. The summed E-state index contributed by atoms with van der Waals surface area (Å²) in [5.41, 5.74) is 4.97. The number of hydrogen-bond donors (Lipinski definition) is 0. The first-order chi connectivity index (χ1) is 13.0. The second-order valence-corrected chi connectivity index (χ2v) is 7.35. The lowest BCUT2D eigenvalue weighted by molar-refractivity contribution is 0.102. The van der Waals surface area contributed by atoms with Gasteiger partial charge in [0.1, 0.15) is 6.33 Å². The predicted molar refractivity (Wildman–Crippen MR) is 107 cm³/mol. The van der Waals surface area contributed by atoms with E-state index < -0.39 is 0 Å². The maximum atomic E-state index is 12.8. The van der Waals surface area contributed by atoms with Gasteiger partial charge in [-0.25, -0.2) is 0 Å². The van der Waals surface area contributed by atoms with Crippen LogP contribution in [0.4, 0.5) is 0 Å². The Labute approximate surface area is 163 Å². The first-order valence-corrected chi connectivity index (χ1v) is 9.79. The highest BCUT2D eigenvalue weighted by Gasteiger charge is 2.17. The summed E-state index contributed by atoms with van der Waals surface area (Å²) >= 11 is 1.41. The number of aromatic nitrogens is 4. The summed E-state index contributed by atoms with van der Waals surface area (Å²) in [7, 11) is 1.68. The molecule has 0 radical (unpaired) electrons. The van der Waals surface area contributed by atoms with Crippen molar-refractivity contribution in [2.45, 2.75) is 32.5 Å². The Hall–Kier alpha value is -2.38. The molecule has 3 aromatic rings. The number of carbonyl (C=O) groups is 1. The normalized spacial score (nSPS) is 11.1. The fourth-order valence-electron chi connectivity index (χ4n) is 3.14. The van der Waals surface area contributed by atoms with E-state index in [1.807, 2.05) is 55.7 Å². The van der Waals surface area contributed by atoms with E-state index in [1.165, 1.54) is 11.8 Å². The van der Waals surface area contributed by atoms with Gasteiger partial charge in [-0.15, -0.1) is 10.2 Å². The molecule has 7 heteroatoms. The van der Waals surface area contributed by atoms with E-state index in [0.29, 0.717) is 17.5 Å². The molecule has 0 atom stereocenters. The van der Waals surface area contributed by atoms with E-state index in [2.05, 4.69) is 14.8 Å². The van der Waals surface area contributed by atoms with Gasteiger partial charge in [0.25, 0.3) is 0 Å². The molecule has 1 aromatic carbocycles. The fourth-order valence-corrected chi connectivity index (χ4v) is 3.94.